The van der Waals surface area contributed by atoms with Gasteiger partial charge in [0.2, 0.25) is 5.95 Å². The fourth-order valence-corrected chi connectivity index (χ4v) is 2.26. The number of amides is 1. The predicted octanol–water partition coefficient (Wildman–Crippen LogP) is 3.55. The number of ketones is 1. The molecule has 0 bridgehead atoms. The molecule has 1 amide bonds. The van der Waals surface area contributed by atoms with Crippen LogP contribution in [0.4, 0.5) is 17.3 Å². The Morgan fingerprint density at radius 3 is 2.04 bits per heavy atom. The van der Waals surface area contributed by atoms with E-state index in [1.165, 1.54) is 19.3 Å². The smallest absolute Gasteiger partial charge is 0.258 e. The number of aromatic nitrogens is 2. The third-order valence-electron chi connectivity index (χ3n) is 3.73. The van der Waals surface area contributed by atoms with E-state index in [1.54, 1.807) is 48.5 Å². The van der Waals surface area contributed by atoms with E-state index in [9.17, 15) is 9.59 Å². The van der Waals surface area contributed by atoms with Gasteiger partial charge in [0.1, 0.15) is 0 Å². The van der Waals surface area contributed by atoms with E-state index in [0.29, 0.717) is 28.3 Å². The van der Waals surface area contributed by atoms with Gasteiger partial charge in [0.15, 0.2) is 5.78 Å². The van der Waals surface area contributed by atoms with Crippen LogP contribution in [-0.2, 0) is 0 Å². The predicted molar refractivity (Wildman–Crippen MR) is 101 cm³/mol. The molecule has 0 saturated heterocycles. The monoisotopic (exact) mass is 357 g/mol. The highest BCUT2D eigenvalue weighted by molar-refractivity contribution is 6.04. The van der Waals surface area contributed by atoms with Gasteiger partial charge < -0.3 is 10.6 Å². The van der Waals surface area contributed by atoms with Crippen molar-refractivity contribution >= 4 is 29.0 Å². The third kappa shape index (κ3) is 4.52. The van der Waals surface area contributed by atoms with Crippen LogP contribution in [-0.4, -0.2) is 21.7 Å². The number of Topliss-reactive ketones (excluding diaryl/α,β-unsaturated/α-hetero) is 1. The third-order valence-corrected chi connectivity index (χ3v) is 3.73. The van der Waals surface area contributed by atoms with Crippen molar-refractivity contribution in [3.63, 3.8) is 0 Å². The molecule has 0 spiro atoms. The van der Waals surface area contributed by atoms with E-state index in [1.807, 2.05) is 6.07 Å². The molecule has 0 fully saturated rings. The SMILES string of the molecule is CC(=O)c1ccc(NC(=O)c2cnc(Nc3ccc(C#N)cc3)nc2)cc1. The fourth-order valence-electron chi connectivity index (χ4n) is 2.26. The first-order valence-electron chi connectivity index (χ1n) is 8.07. The maximum Gasteiger partial charge on any atom is 0.258 e. The van der Waals surface area contributed by atoms with Crippen molar-refractivity contribution < 1.29 is 9.59 Å². The Balaban J connectivity index is 1.64. The van der Waals surface area contributed by atoms with Crippen molar-refractivity contribution in [3.8, 4) is 6.07 Å². The summed E-state index contributed by atoms with van der Waals surface area (Å²) in [7, 11) is 0. The first kappa shape index (κ1) is 17.8. The van der Waals surface area contributed by atoms with Gasteiger partial charge in [-0.05, 0) is 55.5 Å². The molecule has 0 aliphatic carbocycles. The van der Waals surface area contributed by atoms with Crippen molar-refractivity contribution in [1.29, 1.82) is 5.26 Å². The highest BCUT2D eigenvalue weighted by atomic mass is 16.1. The summed E-state index contributed by atoms with van der Waals surface area (Å²) in [5.74, 6) is -0.0517. The van der Waals surface area contributed by atoms with Gasteiger partial charge in [-0.1, -0.05) is 0 Å². The molecule has 0 aliphatic rings. The zero-order chi connectivity index (χ0) is 19.2. The van der Waals surface area contributed by atoms with E-state index in [4.69, 9.17) is 5.26 Å². The molecule has 3 rings (SSSR count). The number of nitrogens with zero attached hydrogens (tertiary/aromatic N) is 3. The standard InChI is InChI=1S/C20H15N5O2/c1-13(26)15-4-8-17(9-5-15)24-19(27)16-11-22-20(23-12-16)25-18-6-2-14(10-21)3-7-18/h2-9,11-12H,1H3,(H,24,27)(H,22,23,25). The molecule has 3 aromatic rings. The van der Waals surface area contributed by atoms with Crippen molar-refractivity contribution in [2.75, 3.05) is 10.6 Å². The molecular weight excluding hydrogens is 342 g/mol. The minimum Gasteiger partial charge on any atom is -0.324 e. The zero-order valence-electron chi connectivity index (χ0n) is 14.4. The molecule has 1 heterocycles. The number of nitriles is 1. The van der Waals surface area contributed by atoms with Crippen molar-refractivity contribution in [2.24, 2.45) is 0 Å². The number of hydrogen-bond acceptors (Lipinski definition) is 6. The number of carbonyl (C=O) groups is 2. The molecule has 1 aromatic heterocycles. The van der Waals surface area contributed by atoms with Crippen LogP contribution in [0.25, 0.3) is 0 Å². The lowest BCUT2D eigenvalue weighted by molar-refractivity contribution is 0.101. The number of hydrogen-bond donors (Lipinski definition) is 2. The van der Waals surface area contributed by atoms with Gasteiger partial charge in [-0.3, -0.25) is 9.59 Å². The summed E-state index contributed by atoms with van der Waals surface area (Å²) in [6, 6.07) is 15.5. The lowest BCUT2D eigenvalue weighted by Gasteiger charge is -2.07. The quantitative estimate of drug-likeness (QED) is 0.676. The highest BCUT2D eigenvalue weighted by Gasteiger charge is 2.08. The summed E-state index contributed by atoms with van der Waals surface area (Å²) in [5, 5.41) is 14.5. The Labute approximate surface area is 155 Å². The molecule has 27 heavy (non-hydrogen) atoms. The van der Waals surface area contributed by atoms with Gasteiger partial charge in [0.05, 0.1) is 17.2 Å². The Morgan fingerprint density at radius 2 is 1.48 bits per heavy atom. The lowest BCUT2D eigenvalue weighted by atomic mass is 10.1. The number of nitrogens with one attached hydrogen (secondary N) is 2. The highest BCUT2D eigenvalue weighted by Crippen LogP contribution is 2.15. The number of anilines is 3. The minimum absolute atomic E-state index is 0.0355. The summed E-state index contributed by atoms with van der Waals surface area (Å²) in [5.41, 5.74) is 2.75. The topological polar surface area (TPSA) is 108 Å². The van der Waals surface area contributed by atoms with E-state index < -0.39 is 0 Å². The molecule has 0 atom stereocenters. The van der Waals surface area contributed by atoms with Gasteiger partial charge in [-0.2, -0.15) is 5.26 Å². The molecule has 2 aromatic carbocycles. The molecule has 132 valence electrons. The second-order valence-electron chi connectivity index (χ2n) is 5.70. The maximum atomic E-state index is 12.3. The van der Waals surface area contributed by atoms with Crippen LogP contribution in [0.3, 0.4) is 0 Å². The van der Waals surface area contributed by atoms with Crippen LogP contribution in [0, 0.1) is 11.3 Å². The van der Waals surface area contributed by atoms with Gasteiger partial charge in [0.25, 0.3) is 5.91 Å². The second kappa shape index (κ2) is 7.89. The molecule has 2 N–H and O–H groups in total. The molecule has 0 unspecified atom stereocenters. The van der Waals surface area contributed by atoms with Gasteiger partial charge in [-0.25, -0.2) is 9.97 Å². The van der Waals surface area contributed by atoms with Crippen molar-refractivity contribution in [1.82, 2.24) is 9.97 Å². The molecule has 7 nitrogen and oxygen atoms in total. The fraction of sp³-hybridized carbons (Fsp3) is 0.0500. The van der Waals surface area contributed by atoms with Crippen molar-refractivity contribution in [2.45, 2.75) is 6.92 Å². The van der Waals surface area contributed by atoms with Crippen molar-refractivity contribution in [3.05, 3.63) is 77.6 Å². The van der Waals surface area contributed by atoms with Crippen LogP contribution < -0.4 is 10.6 Å². The summed E-state index contributed by atoms with van der Waals surface area (Å²) in [6.07, 6.45) is 2.83. The Kier molecular flexibility index (Phi) is 5.19. The van der Waals surface area contributed by atoms with E-state index in [2.05, 4.69) is 20.6 Å². The number of carbonyl (C=O) groups excluding carboxylic acids is 2. The van der Waals surface area contributed by atoms with Crippen LogP contribution >= 0.6 is 0 Å². The molecule has 0 saturated carbocycles. The lowest BCUT2D eigenvalue weighted by Crippen LogP contribution is -2.13. The van der Waals surface area contributed by atoms with Crippen LogP contribution in [0.5, 0.6) is 0 Å². The van der Waals surface area contributed by atoms with Gasteiger partial charge in [0, 0.05) is 29.3 Å². The van der Waals surface area contributed by atoms with Crippen LogP contribution in [0.1, 0.15) is 33.2 Å². The molecule has 0 aliphatic heterocycles. The van der Waals surface area contributed by atoms with E-state index in [0.717, 1.165) is 5.69 Å². The molecule has 7 heteroatoms. The first-order valence-corrected chi connectivity index (χ1v) is 8.07. The molecular formula is C20H15N5O2. The first-order chi connectivity index (χ1) is 13.0. The zero-order valence-corrected chi connectivity index (χ0v) is 14.4. The van der Waals surface area contributed by atoms with Gasteiger partial charge in [-0.15, -0.1) is 0 Å². The van der Waals surface area contributed by atoms with Gasteiger partial charge >= 0.3 is 0 Å². The Bertz CT molecular complexity index is 1000. The Morgan fingerprint density at radius 1 is 0.889 bits per heavy atom. The summed E-state index contributed by atoms with van der Waals surface area (Å²) < 4.78 is 0. The average molecular weight is 357 g/mol. The van der Waals surface area contributed by atoms with Crippen LogP contribution in [0.2, 0.25) is 0 Å². The molecule has 0 radical (unpaired) electrons. The second-order valence-corrected chi connectivity index (χ2v) is 5.70. The number of benzene rings is 2. The summed E-state index contributed by atoms with van der Waals surface area (Å²) in [6.45, 7) is 1.48. The minimum atomic E-state index is -0.351. The van der Waals surface area contributed by atoms with E-state index in [-0.39, 0.29) is 11.7 Å². The summed E-state index contributed by atoms with van der Waals surface area (Å²) in [4.78, 5) is 31.8. The normalized spacial score (nSPS) is 9.93. The van der Waals surface area contributed by atoms with Crippen LogP contribution in [0.15, 0.2) is 60.9 Å². The largest absolute Gasteiger partial charge is 0.324 e. The maximum absolute atomic E-state index is 12.3. The number of rotatable bonds is 5. The van der Waals surface area contributed by atoms with E-state index >= 15 is 0 Å². The average Bonchev–Trinajstić information content (AvgIpc) is 2.69. The Hall–Kier alpha value is -4.05. The summed E-state index contributed by atoms with van der Waals surface area (Å²) >= 11 is 0.